The number of benzene rings is 2. The van der Waals surface area contributed by atoms with Crippen LogP contribution in [0.1, 0.15) is 11.1 Å². The summed E-state index contributed by atoms with van der Waals surface area (Å²) >= 11 is 0. The third kappa shape index (κ3) is 4.37. The van der Waals surface area contributed by atoms with Crippen LogP contribution in [0, 0.1) is 13.8 Å². The zero-order chi connectivity index (χ0) is 19.3. The van der Waals surface area contributed by atoms with Gasteiger partial charge >= 0.3 is 0 Å². The largest absolute Gasteiger partial charge is 0.338 e. The first-order chi connectivity index (χ1) is 13.7. The van der Waals surface area contributed by atoms with Gasteiger partial charge in [0.2, 0.25) is 17.8 Å². The summed E-state index contributed by atoms with van der Waals surface area (Å²) in [6.07, 6.45) is 0. The molecule has 1 aliphatic heterocycles. The van der Waals surface area contributed by atoms with Crippen LogP contribution in [0.5, 0.6) is 0 Å². The lowest BCUT2D eigenvalue weighted by Gasteiger charge is -2.27. The van der Waals surface area contributed by atoms with E-state index in [1.807, 2.05) is 36.4 Å². The number of anilines is 5. The number of aryl methyl sites for hydroxylation is 2. The standard InChI is InChI=1S/C21H25N7/c1-15-8-9-18(14-16(15)2)24-20-25-19(23-17-6-4-3-5-7-17)26-21(27-20)28-12-10-22-11-13-28/h3-9,14,22H,10-13H2,1-2H3,(H2,23,24,25,26,27). The van der Waals surface area contributed by atoms with Crippen LogP contribution in [0.25, 0.3) is 0 Å². The number of rotatable bonds is 5. The predicted molar refractivity (Wildman–Crippen MR) is 114 cm³/mol. The van der Waals surface area contributed by atoms with E-state index >= 15 is 0 Å². The van der Waals surface area contributed by atoms with Crippen molar-refractivity contribution in [1.82, 2.24) is 20.3 Å². The van der Waals surface area contributed by atoms with Gasteiger partial charge < -0.3 is 20.9 Å². The van der Waals surface area contributed by atoms with Crippen molar-refractivity contribution in [2.45, 2.75) is 13.8 Å². The van der Waals surface area contributed by atoms with Gasteiger partial charge in [-0.05, 0) is 49.2 Å². The van der Waals surface area contributed by atoms with Gasteiger partial charge in [0.05, 0.1) is 0 Å². The maximum absolute atomic E-state index is 4.67. The molecule has 0 saturated carbocycles. The fourth-order valence-electron chi connectivity index (χ4n) is 3.08. The SMILES string of the molecule is Cc1ccc(Nc2nc(Nc3ccccc3)nc(N3CCNCC3)n2)cc1C. The molecule has 1 aromatic heterocycles. The second-order valence-electron chi connectivity index (χ2n) is 6.93. The number of piperazine rings is 1. The molecule has 1 saturated heterocycles. The summed E-state index contributed by atoms with van der Waals surface area (Å²) in [6, 6.07) is 16.2. The number of aromatic nitrogens is 3. The highest BCUT2D eigenvalue weighted by Gasteiger charge is 2.16. The fourth-order valence-corrected chi connectivity index (χ4v) is 3.08. The zero-order valence-electron chi connectivity index (χ0n) is 16.2. The summed E-state index contributed by atoms with van der Waals surface area (Å²) in [5.41, 5.74) is 4.39. The van der Waals surface area contributed by atoms with Gasteiger partial charge in [-0.25, -0.2) is 0 Å². The molecule has 4 rings (SSSR count). The number of hydrogen-bond acceptors (Lipinski definition) is 7. The molecule has 7 heteroatoms. The van der Waals surface area contributed by atoms with Crippen molar-refractivity contribution in [3.8, 4) is 0 Å². The van der Waals surface area contributed by atoms with Crippen molar-refractivity contribution in [2.24, 2.45) is 0 Å². The minimum Gasteiger partial charge on any atom is -0.338 e. The second kappa shape index (κ2) is 8.22. The molecule has 0 atom stereocenters. The summed E-state index contributed by atoms with van der Waals surface area (Å²) in [6.45, 7) is 7.80. The summed E-state index contributed by atoms with van der Waals surface area (Å²) in [5.74, 6) is 1.74. The van der Waals surface area contributed by atoms with Gasteiger partial charge in [0.1, 0.15) is 0 Å². The Hall–Kier alpha value is -3.19. The Morgan fingerprint density at radius 2 is 1.46 bits per heavy atom. The highest BCUT2D eigenvalue weighted by atomic mass is 15.3. The Balaban J connectivity index is 1.65. The van der Waals surface area contributed by atoms with Crippen LogP contribution in [-0.2, 0) is 0 Å². The van der Waals surface area contributed by atoms with Crippen molar-refractivity contribution in [3.63, 3.8) is 0 Å². The van der Waals surface area contributed by atoms with Crippen LogP contribution in [0.2, 0.25) is 0 Å². The van der Waals surface area contributed by atoms with Crippen LogP contribution in [0.15, 0.2) is 48.5 Å². The van der Waals surface area contributed by atoms with E-state index in [4.69, 9.17) is 0 Å². The number of nitrogens with one attached hydrogen (secondary N) is 3. The van der Waals surface area contributed by atoms with Crippen LogP contribution < -0.4 is 20.9 Å². The number of hydrogen-bond donors (Lipinski definition) is 3. The van der Waals surface area contributed by atoms with Crippen molar-refractivity contribution in [1.29, 1.82) is 0 Å². The third-order valence-corrected chi connectivity index (χ3v) is 4.82. The van der Waals surface area contributed by atoms with Crippen LogP contribution in [0.4, 0.5) is 29.2 Å². The molecule has 0 amide bonds. The second-order valence-corrected chi connectivity index (χ2v) is 6.93. The number of nitrogens with zero attached hydrogens (tertiary/aromatic N) is 4. The average Bonchev–Trinajstić information content (AvgIpc) is 2.72. The first-order valence-corrected chi connectivity index (χ1v) is 9.55. The predicted octanol–water partition coefficient (Wildman–Crippen LogP) is 3.39. The van der Waals surface area contributed by atoms with E-state index in [0.29, 0.717) is 17.8 Å². The normalized spacial score (nSPS) is 14.0. The van der Waals surface area contributed by atoms with Crippen LogP contribution in [-0.4, -0.2) is 41.1 Å². The summed E-state index contributed by atoms with van der Waals surface area (Å²) in [4.78, 5) is 16.1. The van der Waals surface area contributed by atoms with Gasteiger partial charge in [0.15, 0.2) is 0 Å². The Kier molecular flexibility index (Phi) is 5.34. The van der Waals surface area contributed by atoms with Gasteiger partial charge in [-0.15, -0.1) is 0 Å². The summed E-state index contributed by atoms with van der Waals surface area (Å²) in [5, 5.41) is 9.98. The monoisotopic (exact) mass is 375 g/mol. The fraction of sp³-hybridized carbons (Fsp3) is 0.286. The topological polar surface area (TPSA) is 78.0 Å². The van der Waals surface area contributed by atoms with Gasteiger partial charge in [0.25, 0.3) is 0 Å². The molecule has 2 heterocycles. The van der Waals surface area contributed by atoms with Crippen molar-refractivity contribution >= 4 is 29.2 Å². The Labute approximate surface area is 165 Å². The Bertz CT molecular complexity index is 937. The lowest BCUT2D eigenvalue weighted by Crippen LogP contribution is -2.44. The first-order valence-electron chi connectivity index (χ1n) is 9.55. The van der Waals surface area contributed by atoms with Crippen LogP contribution >= 0.6 is 0 Å². The lowest BCUT2D eigenvalue weighted by molar-refractivity contribution is 0.579. The highest BCUT2D eigenvalue weighted by molar-refractivity contribution is 5.60. The quantitative estimate of drug-likeness (QED) is 0.631. The van der Waals surface area contributed by atoms with Crippen molar-refractivity contribution < 1.29 is 0 Å². The Morgan fingerprint density at radius 1 is 0.786 bits per heavy atom. The van der Waals surface area contributed by atoms with E-state index in [2.05, 4.69) is 61.8 Å². The Morgan fingerprint density at radius 3 is 2.14 bits per heavy atom. The first kappa shape index (κ1) is 18.2. The maximum atomic E-state index is 4.67. The molecule has 3 N–H and O–H groups in total. The van der Waals surface area contributed by atoms with E-state index in [0.717, 1.165) is 37.6 Å². The minimum absolute atomic E-state index is 0.529. The molecular formula is C21H25N7. The van der Waals surface area contributed by atoms with E-state index in [1.165, 1.54) is 11.1 Å². The molecule has 144 valence electrons. The van der Waals surface area contributed by atoms with E-state index in [-0.39, 0.29) is 0 Å². The minimum atomic E-state index is 0.529. The average molecular weight is 375 g/mol. The molecule has 0 radical (unpaired) electrons. The molecule has 0 bridgehead atoms. The summed E-state index contributed by atoms with van der Waals surface area (Å²) in [7, 11) is 0. The molecule has 1 aliphatic rings. The van der Waals surface area contributed by atoms with Gasteiger partial charge in [-0.1, -0.05) is 24.3 Å². The highest BCUT2D eigenvalue weighted by Crippen LogP contribution is 2.22. The molecule has 3 aromatic rings. The summed E-state index contributed by atoms with van der Waals surface area (Å²) < 4.78 is 0. The number of para-hydroxylation sites is 1. The van der Waals surface area contributed by atoms with E-state index in [1.54, 1.807) is 0 Å². The maximum Gasteiger partial charge on any atom is 0.233 e. The molecule has 0 spiro atoms. The smallest absolute Gasteiger partial charge is 0.233 e. The van der Waals surface area contributed by atoms with Gasteiger partial charge in [0, 0.05) is 37.6 Å². The lowest BCUT2D eigenvalue weighted by atomic mass is 10.1. The van der Waals surface area contributed by atoms with Crippen LogP contribution in [0.3, 0.4) is 0 Å². The molecular weight excluding hydrogens is 350 g/mol. The molecule has 7 nitrogen and oxygen atoms in total. The van der Waals surface area contributed by atoms with E-state index in [9.17, 15) is 0 Å². The van der Waals surface area contributed by atoms with Crippen molar-refractivity contribution in [2.75, 3.05) is 41.7 Å². The van der Waals surface area contributed by atoms with Gasteiger partial charge in [-0.2, -0.15) is 15.0 Å². The molecule has 1 fully saturated rings. The molecule has 28 heavy (non-hydrogen) atoms. The zero-order valence-corrected chi connectivity index (χ0v) is 16.2. The van der Waals surface area contributed by atoms with E-state index < -0.39 is 0 Å². The van der Waals surface area contributed by atoms with Gasteiger partial charge in [-0.3, -0.25) is 0 Å². The molecule has 0 unspecified atom stereocenters. The van der Waals surface area contributed by atoms with Crippen molar-refractivity contribution in [3.05, 3.63) is 59.7 Å². The molecule has 0 aliphatic carbocycles. The third-order valence-electron chi connectivity index (χ3n) is 4.82. The molecule has 2 aromatic carbocycles.